The van der Waals surface area contributed by atoms with Crippen molar-refractivity contribution in [1.29, 1.82) is 0 Å². The maximum atomic E-state index is 12.6. The lowest BCUT2D eigenvalue weighted by atomic mass is 10.3. The van der Waals surface area contributed by atoms with Gasteiger partial charge in [-0.25, -0.2) is 15.0 Å². The number of nitrogens with zero attached hydrogens (tertiary/aromatic N) is 4. The highest BCUT2D eigenvalue weighted by Gasteiger charge is 2.32. The lowest BCUT2D eigenvalue weighted by molar-refractivity contribution is -0.141. The first-order chi connectivity index (χ1) is 11.7. The third kappa shape index (κ3) is 5.86. The molecular weight excluding hydrogens is 341 g/mol. The zero-order valence-electron chi connectivity index (χ0n) is 13.3. The van der Waals surface area contributed by atoms with Gasteiger partial charge in [0.05, 0.1) is 6.04 Å². The largest absolute Gasteiger partial charge is 0.475 e. The molecular formula is C14H15F3N6O2. The minimum atomic E-state index is -4.53. The summed E-state index contributed by atoms with van der Waals surface area (Å²) >= 11 is 0. The average Bonchev–Trinajstić information content (AvgIpc) is 2.52. The van der Waals surface area contributed by atoms with Gasteiger partial charge in [-0.05, 0) is 13.0 Å². The van der Waals surface area contributed by atoms with Gasteiger partial charge in [-0.1, -0.05) is 6.07 Å². The molecule has 8 nitrogen and oxygen atoms in total. The number of nitrogens with one attached hydrogen (secondary N) is 2. The Kier molecular flexibility index (Phi) is 5.67. The summed E-state index contributed by atoms with van der Waals surface area (Å²) in [6.07, 6.45) is -3.32. The SMILES string of the molecule is CC(=O)Nc1ncnc(NC(C)COc2cccc(C(F)(F)F)n2)n1. The number of carbonyl (C=O) groups excluding carboxylic acids is 1. The van der Waals surface area contributed by atoms with Gasteiger partial charge in [-0.2, -0.15) is 18.2 Å². The van der Waals surface area contributed by atoms with Crippen molar-refractivity contribution in [2.24, 2.45) is 0 Å². The number of amides is 1. The van der Waals surface area contributed by atoms with Crippen LogP contribution in [0.5, 0.6) is 5.88 Å². The number of anilines is 2. The molecule has 1 amide bonds. The molecule has 2 rings (SSSR count). The molecule has 0 saturated carbocycles. The normalized spacial score (nSPS) is 12.4. The molecule has 0 aliphatic rings. The topological polar surface area (TPSA) is 102 Å². The van der Waals surface area contributed by atoms with E-state index in [4.69, 9.17) is 4.74 Å². The van der Waals surface area contributed by atoms with Crippen LogP contribution in [0.2, 0.25) is 0 Å². The molecule has 134 valence electrons. The molecule has 0 bridgehead atoms. The molecule has 2 N–H and O–H groups in total. The molecule has 2 aromatic heterocycles. The van der Waals surface area contributed by atoms with Crippen LogP contribution >= 0.6 is 0 Å². The van der Waals surface area contributed by atoms with E-state index in [0.29, 0.717) is 0 Å². The summed E-state index contributed by atoms with van der Waals surface area (Å²) in [6.45, 7) is 3.06. The second-order valence-electron chi connectivity index (χ2n) is 5.03. The summed E-state index contributed by atoms with van der Waals surface area (Å²) in [5.41, 5.74) is -1.02. The summed E-state index contributed by atoms with van der Waals surface area (Å²) in [4.78, 5) is 26.0. The van der Waals surface area contributed by atoms with Crippen molar-refractivity contribution in [1.82, 2.24) is 19.9 Å². The highest BCUT2D eigenvalue weighted by molar-refractivity contribution is 5.86. The Labute approximate surface area is 140 Å². The van der Waals surface area contributed by atoms with Gasteiger partial charge >= 0.3 is 6.18 Å². The first-order valence-corrected chi connectivity index (χ1v) is 7.14. The smallest absolute Gasteiger partial charge is 0.433 e. The third-order valence-electron chi connectivity index (χ3n) is 2.73. The molecule has 2 aromatic rings. The number of carbonyl (C=O) groups is 1. The van der Waals surface area contributed by atoms with Crippen molar-refractivity contribution in [2.75, 3.05) is 17.2 Å². The van der Waals surface area contributed by atoms with Crippen LogP contribution in [0.1, 0.15) is 19.5 Å². The molecule has 1 atom stereocenters. The Balaban J connectivity index is 1.93. The quantitative estimate of drug-likeness (QED) is 0.817. The van der Waals surface area contributed by atoms with Crippen molar-refractivity contribution >= 4 is 17.8 Å². The van der Waals surface area contributed by atoms with Gasteiger partial charge in [0.1, 0.15) is 18.6 Å². The van der Waals surface area contributed by atoms with Crippen molar-refractivity contribution in [3.05, 3.63) is 30.2 Å². The van der Waals surface area contributed by atoms with Crippen molar-refractivity contribution in [3.8, 4) is 5.88 Å². The predicted octanol–water partition coefficient (Wildman–Crippen LogP) is 2.12. The van der Waals surface area contributed by atoms with E-state index in [1.807, 2.05) is 0 Å². The lowest BCUT2D eigenvalue weighted by Gasteiger charge is -2.15. The molecule has 0 aliphatic carbocycles. The first-order valence-electron chi connectivity index (χ1n) is 7.14. The van der Waals surface area contributed by atoms with Crippen molar-refractivity contribution in [2.45, 2.75) is 26.1 Å². The van der Waals surface area contributed by atoms with Crippen molar-refractivity contribution in [3.63, 3.8) is 0 Å². The average molecular weight is 356 g/mol. The summed E-state index contributed by atoms with van der Waals surface area (Å²) < 4.78 is 43.1. The zero-order chi connectivity index (χ0) is 18.4. The molecule has 25 heavy (non-hydrogen) atoms. The van der Waals surface area contributed by atoms with Crippen molar-refractivity contribution < 1.29 is 22.7 Å². The van der Waals surface area contributed by atoms with Gasteiger partial charge in [0, 0.05) is 13.0 Å². The van der Waals surface area contributed by atoms with Gasteiger partial charge < -0.3 is 10.1 Å². The number of pyridine rings is 1. The van der Waals surface area contributed by atoms with Gasteiger partial charge in [-0.15, -0.1) is 0 Å². The number of alkyl halides is 3. The molecule has 0 spiro atoms. The molecule has 0 saturated heterocycles. The van der Waals surface area contributed by atoms with E-state index in [0.717, 1.165) is 6.07 Å². The maximum absolute atomic E-state index is 12.6. The number of hydrogen-bond donors (Lipinski definition) is 2. The van der Waals surface area contributed by atoms with E-state index in [1.165, 1.54) is 25.4 Å². The fourth-order valence-corrected chi connectivity index (χ4v) is 1.71. The first kappa shape index (κ1) is 18.4. The lowest BCUT2D eigenvalue weighted by Crippen LogP contribution is -2.25. The summed E-state index contributed by atoms with van der Waals surface area (Å²) in [5, 5.41) is 5.29. The van der Waals surface area contributed by atoms with E-state index in [-0.39, 0.29) is 36.3 Å². The standard InChI is InChI=1S/C14H15F3N6O2/c1-8(20-12-18-7-19-13(23-12)21-9(2)24)6-25-11-5-3-4-10(22-11)14(15,16)17/h3-5,7-8H,6H2,1-2H3,(H2,18,19,20,21,23,24). The van der Waals surface area contributed by atoms with Gasteiger partial charge in [0.25, 0.3) is 0 Å². The Morgan fingerprint density at radius 2 is 1.96 bits per heavy atom. The van der Waals surface area contributed by atoms with Crippen LogP contribution in [0.4, 0.5) is 25.1 Å². The monoisotopic (exact) mass is 356 g/mol. The molecule has 0 fully saturated rings. The zero-order valence-corrected chi connectivity index (χ0v) is 13.3. The Morgan fingerprint density at radius 1 is 1.24 bits per heavy atom. The highest BCUT2D eigenvalue weighted by atomic mass is 19.4. The fourth-order valence-electron chi connectivity index (χ4n) is 1.71. The van der Waals surface area contributed by atoms with E-state index in [2.05, 4.69) is 30.6 Å². The molecule has 2 heterocycles. The number of hydrogen-bond acceptors (Lipinski definition) is 7. The molecule has 0 radical (unpaired) electrons. The number of rotatable bonds is 6. The second-order valence-corrected chi connectivity index (χ2v) is 5.03. The van der Waals surface area contributed by atoms with Crippen LogP contribution in [-0.2, 0) is 11.0 Å². The number of ether oxygens (including phenoxy) is 1. The molecule has 1 unspecified atom stereocenters. The van der Waals surface area contributed by atoms with Crippen LogP contribution in [0.25, 0.3) is 0 Å². The van der Waals surface area contributed by atoms with Gasteiger partial charge in [0.15, 0.2) is 0 Å². The van der Waals surface area contributed by atoms with E-state index < -0.39 is 11.9 Å². The molecule has 11 heteroatoms. The minimum Gasteiger partial charge on any atom is -0.475 e. The third-order valence-corrected chi connectivity index (χ3v) is 2.73. The Morgan fingerprint density at radius 3 is 2.64 bits per heavy atom. The number of halogens is 3. The maximum Gasteiger partial charge on any atom is 0.433 e. The van der Waals surface area contributed by atoms with E-state index in [1.54, 1.807) is 6.92 Å². The van der Waals surface area contributed by atoms with Crippen LogP contribution < -0.4 is 15.4 Å². The Bertz CT molecular complexity index is 741. The summed E-state index contributed by atoms with van der Waals surface area (Å²) in [6, 6.07) is 3.07. The highest BCUT2D eigenvalue weighted by Crippen LogP contribution is 2.28. The molecule has 0 aromatic carbocycles. The minimum absolute atomic E-state index is 0.0233. The summed E-state index contributed by atoms with van der Waals surface area (Å²) in [7, 11) is 0. The van der Waals surface area contributed by atoms with Crippen LogP contribution in [0, 0.1) is 0 Å². The second kappa shape index (κ2) is 7.73. The summed E-state index contributed by atoms with van der Waals surface area (Å²) in [5.74, 6) is -0.202. The van der Waals surface area contributed by atoms with Crippen LogP contribution in [0.15, 0.2) is 24.5 Å². The van der Waals surface area contributed by atoms with Gasteiger partial charge in [-0.3, -0.25) is 10.1 Å². The Hall–Kier alpha value is -2.98. The molecule has 0 aliphatic heterocycles. The van der Waals surface area contributed by atoms with E-state index in [9.17, 15) is 18.0 Å². The van der Waals surface area contributed by atoms with Crippen LogP contribution in [-0.4, -0.2) is 38.5 Å². The van der Waals surface area contributed by atoms with E-state index >= 15 is 0 Å². The van der Waals surface area contributed by atoms with Crippen LogP contribution in [0.3, 0.4) is 0 Å². The predicted molar refractivity (Wildman–Crippen MR) is 81.9 cm³/mol. The fraction of sp³-hybridized carbons (Fsp3) is 0.357. The van der Waals surface area contributed by atoms with Gasteiger partial charge in [0.2, 0.25) is 23.7 Å². The number of aromatic nitrogens is 4.